The molecule has 3 N–H and O–H groups in total. The molecule has 3 heterocycles. The number of thiazole rings is 1. The summed E-state index contributed by atoms with van der Waals surface area (Å²) in [5.41, 5.74) is 1.65. The summed E-state index contributed by atoms with van der Waals surface area (Å²) >= 11 is 1.37. The second kappa shape index (κ2) is 12.5. The number of hydrogen-bond donors (Lipinski definition) is 2. The maximum absolute atomic E-state index is 11.9. The second-order valence-electron chi connectivity index (χ2n) is 4.02. The number of nitrogens with zero attached hydrogens (tertiary/aromatic N) is 7. The van der Waals surface area contributed by atoms with E-state index in [1.165, 1.54) is 17.5 Å². The lowest BCUT2D eigenvalue weighted by Crippen LogP contribution is -2.13. The molecule has 11 heteroatoms. The zero-order valence-electron chi connectivity index (χ0n) is 13.8. The summed E-state index contributed by atoms with van der Waals surface area (Å²) < 4.78 is 0.924. The zero-order valence-corrected chi connectivity index (χ0v) is 14.6. The first-order valence-corrected chi connectivity index (χ1v) is 7.45. The first-order valence-electron chi connectivity index (χ1n) is 6.63. The minimum Gasteiger partial charge on any atom is -0.324 e. The molecule has 0 aliphatic carbocycles. The number of aryl methyl sites for hydroxylation is 1. The third-order valence-electron chi connectivity index (χ3n) is 2.40. The molecule has 0 aliphatic heterocycles. The van der Waals surface area contributed by atoms with Crippen molar-refractivity contribution in [2.75, 3.05) is 5.32 Å². The summed E-state index contributed by atoms with van der Waals surface area (Å²) in [5.74, 6) is 4.03. The monoisotopic (exact) mass is 369 g/mol. The number of aromatic nitrogens is 4. The van der Waals surface area contributed by atoms with Crippen LogP contribution in [0.25, 0.3) is 10.3 Å². The van der Waals surface area contributed by atoms with Gasteiger partial charge in [-0.3, -0.25) is 15.1 Å². The van der Waals surface area contributed by atoms with Crippen LogP contribution in [-0.2, 0) is 0 Å². The van der Waals surface area contributed by atoms with Gasteiger partial charge in [-0.05, 0) is 19.1 Å². The molecule has 0 saturated carbocycles. The molecule has 26 heavy (non-hydrogen) atoms. The van der Waals surface area contributed by atoms with E-state index in [1.807, 2.05) is 19.1 Å². The maximum Gasteiger partial charge on any atom is 0.277 e. The molecular weight excluding hydrogens is 354 g/mol. The molecule has 1 amide bonds. The number of rotatable bonds is 2. The molecule has 3 aromatic rings. The average Bonchev–Trinajstić information content (AvgIpc) is 3.08. The van der Waals surface area contributed by atoms with E-state index in [2.05, 4.69) is 56.1 Å². The van der Waals surface area contributed by atoms with E-state index in [1.54, 1.807) is 12.4 Å². The molecule has 0 aliphatic rings. The van der Waals surface area contributed by atoms with Gasteiger partial charge in [-0.25, -0.2) is 20.5 Å². The maximum atomic E-state index is 11.9. The zero-order chi connectivity index (χ0) is 19.9. The first kappa shape index (κ1) is 22.0. The van der Waals surface area contributed by atoms with E-state index in [0.29, 0.717) is 10.8 Å². The Hall–Kier alpha value is -3.96. The summed E-state index contributed by atoms with van der Waals surface area (Å²) in [5, 5.41) is 18.9. The summed E-state index contributed by atoms with van der Waals surface area (Å²) in [6, 6.07) is 3.74. The van der Waals surface area contributed by atoms with Gasteiger partial charge in [-0.15, -0.1) is 0 Å². The number of hydrazone groups is 1. The standard InChI is InChI=1S/C12H9N5OS.CH4N2.2CHN/c1-7-5-15-8(6-14-7)11(18)17-12-16-10-9(19-12)3-2-4-13-10;1-3-2;2*1-2/h2-6H,1H3,(H,13,16,17,18);1-2H2;2*1H. The van der Waals surface area contributed by atoms with Crippen molar-refractivity contribution in [1.82, 2.24) is 19.9 Å². The van der Waals surface area contributed by atoms with E-state index >= 15 is 0 Å². The number of nitrogens with one attached hydrogen (secondary N) is 1. The van der Waals surface area contributed by atoms with Gasteiger partial charge < -0.3 is 5.84 Å². The van der Waals surface area contributed by atoms with Crippen molar-refractivity contribution in [2.45, 2.75) is 6.92 Å². The Balaban J connectivity index is 0.000000793. The molecule has 3 aromatic heterocycles. The number of hydrogen-bond acceptors (Lipinski definition) is 10. The van der Waals surface area contributed by atoms with Crippen molar-refractivity contribution in [3.8, 4) is 13.1 Å². The van der Waals surface area contributed by atoms with E-state index in [0.717, 1.165) is 10.4 Å². The van der Waals surface area contributed by atoms with Crippen LogP contribution in [0.4, 0.5) is 5.13 Å². The van der Waals surface area contributed by atoms with Gasteiger partial charge in [0.2, 0.25) is 0 Å². The van der Waals surface area contributed by atoms with Crippen LogP contribution in [0.3, 0.4) is 0 Å². The topological polar surface area (TPSA) is 167 Å². The van der Waals surface area contributed by atoms with Crippen LogP contribution < -0.4 is 11.2 Å². The average molecular weight is 369 g/mol. The Labute approximate surface area is 153 Å². The molecule has 132 valence electrons. The molecule has 3 rings (SSSR count). The second-order valence-corrected chi connectivity index (χ2v) is 5.05. The molecule has 0 fully saturated rings. The predicted molar refractivity (Wildman–Crippen MR) is 99.2 cm³/mol. The fourth-order valence-corrected chi connectivity index (χ4v) is 2.31. The summed E-state index contributed by atoms with van der Waals surface area (Å²) in [6.45, 7) is 11.7. The number of anilines is 1. The number of nitrogens with two attached hydrogens (primary N) is 1. The lowest BCUT2D eigenvalue weighted by Gasteiger charge is -1.99. The SMILES string of the molecule is C#N.C#N.C=NN.Cc1cnc(C(=O)Nc2nc3ncccc3s2)cn1. The Morgan fingerprint density at radius 1 is 1.27 bits per heavy atom. The molecule has 0 atom stereocenters. The van der Waals surface area contributed by atoms with Gasteiger partial charge in [0.15, 0.2) is 10.8 Å². The van der Waals surface area contributed by atoms with Crippen LogP contribution >= 0.6 is 11.3 Å². The molecular formula is C15H15N9OS. The van der Waals surface area contributed by atoms with Gasteiger partial charge in [-0.1, -0.05) is 11.3 Å². The largest absolute Gasteiger partial charge is 0.324 e. The van der Waals surface area contributed by atoms with Crippen molar-refractivity contribution in [2.24, 2.45) is 10.9 Å². The number of nitriles is 2. The predicted octanol–water partition coefficient (Wildman–Crippen LogP) is 1.88. The third-order valence-corrected chi connectivity index (χ3v) is 3.32. The van der Waals surface area contributed by atoms with Crippen molar-refractivity contribution >= 4 is 39.4 Å². The normalized spacial score (nSPS) is 8.35. The molecule has 10 nitrogen and oxygen atoms in total. The Morgan fingerprint density at radius 2 is 1.92 bits per heavy atom. The van der Waals surface area contributed by atoms with Crippen LogP contribution in [0.5, 0.6) is 0 Å². The Morgan fingerprint density at radius 3 is 2.46 bits per heavy atom. The first-order chi connectivity index (χ1) is 12.6. The molecule has 0 unspecified atom stereocenters. The highest BCUT2D eigenvalue weighted by molar-refractivity contribution is 7.22. The number of amides is 1. The van der Waals surface area contributed by atoms with Crippen LogP contribution in [0, 0.1) is 30.6 Å². The lowest BCUT2D eigenvalue weighted by atomic mass is 10.4. The van der Waals surface area contributed by atoms with Crippen LogP contribution in [-0.4, -0.2) is 32.6 Å². The summed E-state index contributed by atoms with van der Waals surface area (Å²) in [7, 11) is 0. The number of carbonyl (C=O) groups excluding carboxylic acids is 1. The fourth-order valence-electron chi connectivity index (χ4n) is 1.49. The van der Waals surface area contributed by atoms with Crippen molar-refractivity contribution in [3.63, 3.8) is 0 Å². The summed E-state index contributed by atoms with van der Waals surface area (Å²) in [6.07, 6.45) is 4.66. The highest BCUT2D eigenvalue weighted by Gasteiger charge is 2.11. The molecule has 0 aromatic carbocycles. The van der Waals surface area contributed by atoms with Crippen molar-refractivity contribution in [1.29, 1.82) is 10.5 Å². The third kappa shape index (κ3) is 6.66. The molecule has 0 bridgehead atoms. The summed E-state index contributed by atoms with van der Waals surface area (Å²) in [4.78, 5) is 28.3. The molecule has 0 saturated heterocycles. The molecule has 0 radical (unpaired) electrons. The van der Waals surface area contributed by atoms with Crippen LogP contribution in [0.2, 0.25) is 0 Å². The van der Waals surface area contributed by atoms with Gasteiger partial charge in [0.05, 0.1) is 16.6 Å². The van der Waals surface area contributed by atoms with Gasteiger partial charge >= 0.3 is 0 Å². The van der Waals surface area contributed by atoms with Crippen LogP contribution in [0.15, 0.2) is 35.8 Å². The Bertz CT molecular complexity index is 832. The van der Waals surface area contributed by atoms with E-state index < -0.39 is 0 Å². The van der Waals surface area contributed by atoms with E-state index in [4.69, 9.17) is 10.5 Å². The van der Waals surface area contributed by atoms with E-state index in [9.17, 15) is 4.79 Å². The minimum atomic E-state index is -0.327. The number of carbonyl (C=O) groups is 1. The van der Waals surface area contributed by atoms with Gasteiger partial charge in [-0.2, -0.15) is 10.1 Å². The van der Waals surface area contributed by atoms with Crippen molar-refractivity contribution in [3.05, 3.63) is 42.1 Å². The highest BCUT2D eigenvalue weighted by atomic mass is 32.1. The van der Waals surface area contributed by atoms with Gasteiger partial charge in [0, 0.05) is 32.3 Å². The smallest absolute Gasteiger partial charge is 0.277 e. The highest BCUT2D eigenvalue weighted by Crippen LogP contribution is 2.24. The van der Waals surface area contributed by atoms with Crippen molar-refractivity contribution < 1.29 is 4.79 Å². The number of fused-ring (bicyclic) bond motifs is 1. The van der Waals surface area contributed by atoms with Crippen LogP contribution in [0.1, 0.15) is 16.2 Å². The van der Waals surface area contributed by atoms with Gasteiger partial charge in [0.25, 0.3) is 5.91 Å². The van der Waals surface area contributed by atoms with Gasteiger partial charge in [0.1, 0.15) is 5.69 Å². The fraction of sp³-hybridized carbons (Fsp3) is 0.0667. The molecule has 0 spiro atoms. The quantitative estimate of drug-likeness (QED) is 0.392. The Kier molecular flexibility index (Phi) is 10.6. The van der Waals surface area contributed by atoms with E-state index in [-0.39, 0.29) is 11.6 Å². The minimum absolute atomic E-state index is 0.262. The lowest BCUT2D eigenvalue weighted by molar-refractivity contribution is 0.102. The number of pyridine rings is 1.